The Morgan fingerprint density at radius 1 is 0.878 bits per heavy atom. The first-order chi connectivity index (χ1) is 19.6. The largest absolute Gasteiger partial charge is 0.494 e. The van der Waals surface area contributed by atoms with Crippen LogP contribution in [0.15, 0.2) is 48.8 Å². The fraction of sp³-hybridized carbons (Fsp3) is 0.393. The smallest absolute Gasteiger partial charge is 0.213 e. The molecule has 3 aromatic heterocycles. The van der Waals surface area contributed by atoms with Gasteiger partial charge in [-0.1, -0.05) is 12.1 Å². The minimum Gasteiger partial charge on any atom is -0.494 e. The summed E-state index contributed by atoms with van der Waals surface area (Å²) in [5.41, 5.74) is 1.98. The Morgan fingerprint density at radius 2 is 1.56 bits per heavy atom. The molecule has 3 heterocycles. The van der Waals surface area contributed by atoms with Crippen LogP contribution in [-0.4, -0.2) is 70.8 Å². The van der Waals surface area contributed by atoms with Crippen molar-refractivity contribution in [1.29, 1.82) is 0 Å². The predicted molar refractivity (Wildman–Crippen MR) is 152 cm³/mol. The summed E-state index contributed by atoms with van der Waals surface area (Å²) in [6.45, 7) is 7.08. The highest BCUT2D eigenvalue weighted by Gasteiger charge is 2.36. The Morgan fingerprint density at radius 3 is 2.15 bits per heavy atom. The minimum absolute atomic E-state index is 0.137. The van der Waals surface area contributed by atoms with Gasteiger partial charge in [-0.25, -0.2) is 13.4 Å². The van der Waals surface area contributed by atoms with Crippen molar-refractivity contribution < 1.29 is 27.4 Å². The van der Waals surface area contributed by atoms with Crippen LogP contribution in [0.5, 0.6) is 17.4 Å². The summed E-state index contributed by atoms with van der Waals surface area (Å²) in [6.07, 6.45) is 2.02. The summed E-state index contributed by atoms with van der Waals surface area (Å²) in [5, 5.41) is 7.68. The van der Waals surface area contributed by atoms with Gasteiger partial charge in [0.25, 0.3) is 0 Å². The van der Waals surface area contributed by atoms with Crippen LogP contribution in [0.2, 0.25) is 0 Å². The summed E-state index contributed by atoms with van der Waals surface area (Å²) >= 11 is 0. The van der Waals surface area contributed by atoms with Crippen molar-refractivity contribution in [2.24, 2.45) is 0 Å². The number of benzene rings is 1. The average Bonchev–Trinajstić information content (AvgIpc) is 3.37. The number of ether oxygens (including phenoxy) is 4. The van der Waals surface area contributed by atoms with Gasteiger partial charge in [0.2, 0.25) is 5.88 Å². The van der Waals surface area contributed by atoms with E-state index in [0.717, 1.165) is 0 Å². The summed E-state index contributed by atoms with van der Waals surface area (Å²) in [5.74, 6) is 1.16. The molecule has 218 valence electrons. The Kier molecular flexibility index (Phi) is 9.18. The number of hydrogen-bond acceptors (Lipinski definition) is 11. The van der Waals surface area contributed by atoms with Gasteiger partial charge in [-0.15, -0.1) is 10.2 Å². The molecule has 4 aromatic rings. The van der Waals surface area contributed by atoms with Crippen molar-refractivity contribution in [2.45, 2.75) is 50.9 Å². The van der Waals surface area contributed by atoms with Gasteiger partial charge in [-0.3, -0.25) is 14.5 Å². The molecule has 12 nitrogen and oxygen atoms in total. The average molecular weight is 583 g/mol. The van der Waals surface area contributed by atoms with Crippen molar-refractivity contribution in [2.75, 3.05) is 21.3 Å². The summed E-state index contributed by atoms with van der Waals surface area (Å²) in [4.78, 5) is 13.2. The van der Waals surface area contributed by atoms with Crippen LogP contribution in [0.25, 0.3) is 17.2 Å². The van der Waals surface area contributed by atoms with Crippen LogP contribution < -0.4 is 14.2 Å². The maximum atomic E-state index is 14.0. The second-order valence-corrected chi connectivity index (χ2v) is 11.9. The summed E-state index contributed by atoms with van der Waals surface area (Å²) < 4.78 is 52.2. The third kappa shape index (κ3) is 6.46. The van der Waals surface area contributed by atoms with Gasteiger partial charge < -0.3 is 18.9 Å². The third-order valence-corrected chi connectivity index (χ3v) is 8.39. The van der Waals surface area contributed by atoms with Crippen molar-refractivity contribution >= 4 is 9.84 Å². The minimum atomic E-state index is -3.91. The highest BCUT2D eigenvalue weighted by molar-refractivity contribution is 7.91. The maximum absolute atomic E-state index is 14.0. The van der Waals surface area contributed by atoms with E-state index in [0.29, 0.717) is 40.1 Å². The lowest BCUT2D eigenvalue weighted by atomic mass is 10.2. The molecule has 2 atom stereocenters. The monoisotopic (exact) mass is 582 g/mol. The molecule has 1 aromatic carbocycles. The van der Waals surface area contributed by atoms with Crippen LogP contribution in [0.1, 0.15) is 44.1 Å². The van der Waals surface area contributed by atoms with Gasteiger partial charge in [0.05, 0.1) is 50.3 Å². The van der Waals surface area contributed by atoms with Crippen LogP contribution in [-0.2, 0) is 20.3 Å². The number of para-hydroxylation sites is 1. The number of rotatable bonds is 12. The standard InChI is InChI=1S/C28H34N6O6S/c1-17(2)40-27(21-15-29-18(3)14-30-21)19(4)41(35,36)16-24-32-33-28(20-10-8-13-25(31-20)39-7)34(24)26-22(37-5)11-9-12-23(26)38-6/h8-15,17,19,27H,16H2,1-7H3/t19-,27+/m0/s1. The number of aryl methyl sites for hydroxylation is 1. The first kappa shape index (κ1) is 29.9. The van der Waals surface area contributed by atoms with E-state index in [4.69, 9.17) is 18.9 Å². The molecule has 0 amide bonds. The zero-order chi connectivity index (χ0) is 29.7. The van der Waals surface area contributed by atoms with E-state index in [-0.39, 0.29) is 17.8 Å². The number of nitrogens with zero attached hydrogens (tertiary/aromatic N) is 6. The molecule has 0 spiro atoms. The van der Waals surface area contributed by atoms with E-state index in [2.05, 4.69) is 25.1 Å². The zero-order valence-corrected chi connectivity index (χ0v) is 24.9. The number of aromatic nitrogens is 6. The van der Waals surface area contributed by atoms with E-state index < -0.39 is 26.9 Å². The molecule has 0 N–H and O–H groups in total. The molecule has 4 rings (SSSR count). The van der Waals surface area contributed by atoms with E-state index in [1.165, 1.54) is 21.3 Å². The van der Waals surface area contributed by atoms with Crippen molar-refractivity contribution in [3.63, 3.8) is 0 Å². The lowest BCUT2D eigenvalue weighted by Gasteiger charge is -2.26. The Hall–Kier alpha value is -4.10. The molecule has 0 saturated carbocycles. The number of pyridine rings is 1. The van der Waals surface area contributed by atoms with Crippen molar-refractivity contribution in [3.05, 3.63) is 66.0 Å². The van der Waals surface area contributed by atoms with Crippen molar-refractivity contribution in [1.82, 2.24) is 29.7 Å². The Bertz CT molecular complexity index is 1570. The lowest BCUT2D eigenvalue weighted by Crippen LogP contribution is -2.31. The van der Waals surface area contributed by atoms with Gasteiger partial charge in [0.15, 0.2) is 21.5 Å². The van der Waals surface area contributed by atoms with Crippen LogP contribution in [0.4, 0.5) is 0 Å². The SMILES string of the molecule is COc1cccc(-c2nnc(CS(=O)(=O)[C@@H](C)[C@@H](OC(C)C)c3cnc(C)cn3)n2-c2c(OC)cccc2OC)n1. The first-order valence-corrected chi connectivity index (χ1v) is 14.6. The van der Waals surface area contributed by atoms with E-state index in [1.54, 1.807) is 60.3 Å². The van der Waals surface area contributed by atoms with E-state index >= 15 is 0 Å². The van der Waals surface area contributed by atoms with Gasteiger partial charge in [0.1, 0.15) is 34.7 Å². The molecule has 0 unspecified atom stereocenters. The summed E-state index contributed by atoms with van der Waals surface area (Å²) in [6, 6.07) is 10.4. The highest BCUT2D eigenvalue weighted by atomic mass is 32.2. The molecule has 0 radical (unpaired) electrons. The second-order valence-electron chi connectivity index (χ2n) is 9.55. The fourth-order valence-electron chi connectivity index (χ4n) is 4.28. The molecule has 0 aliphatic heterocycles. The van der Waals surface area contributed by atoms with Gasteiger partial charge in [-0.2, -0.15) is 0 Å². The normalized spacial score (nSPS) is 13.2. The fourth-order valence-corrected chi connectivity index (χ4v) is 5.67. The first-order valence-electron chi connectivity index (χ1n) is 12.9. The molecular formula is C28H34N6O6S. The van der Waals surface area contributed by atoms with Crippen LogP contribution in [0.3, 0.4) is 0 Å². The molecule has 0 bridgehead atoms. The quantitative estimate of drug-likeness (QED) is 0.240. The number of hydrogen-bond donors (Lipinski definition) is 0. The second kappa shape index (κ2) is 12.6. The van der Waals surface area contributed by atoms with E-state index in [1.807, 2.05) is 20.8 Å². The molecule has 13 heteroatoms. The Balaban J connectivity index is 1.86. The molecule has 0 saturated heterocycles. The summed E-state index contributed by atoms with van der Waals surface area (Å²) in [7, 11) is 0.627. The number of methoxy groups -OCH3 is 3. The highest BCUT2D eigenvalue weighted by Crippen LogP contribution is 2.37. The zero-order valence-electron chi connectivity index (χ0n) is 24.1. The Labute approximate surface area is 239 Å². The van der Waals surface area contributed by atoms with Crippen LogP contribution in [0, 0.1) is 6.92 Å². The maximum Gasteiger partial charge on any atom is 0.213 e. The molecule has 0 fully saturated rings. The van der Waals surface area contributed by atoms with Gasteiger partial charge in [0, 0.05) is 12.3 Å². The number of sulfone groups is 1. The topological polar surface area (TPSA) is 140 Å². The molecular weight excluding hydrogens is 548 g/mol. The predicted octanol–water partition coefficient (Wildman–Crippen LogP) is 3.92. The van der Waals surface area contributed by atoms with E-state index in [9.17, 15) is 8.42 Å². The van der Waals surface area contributed by atoms with Crippen LogP contribution >= 0.6 is 0 Å². The molecule has 0 aliphatic rings. The third-order valence-electron chi connectivity index (χ3n) is 6.35. The lowest BCUT2D eigenvalue weighted by molar-refractivity contribution is 0.00382. The van der Waals surface area contributed by atoms with Crippen molar-refractivity contribution in [3.8, 4) is 34.6 Å². The van der Waals surface area contributed by atoms with Gasteiger partial charge in [-0.05, 0) is 45.9 Å². The van der Waals surface area contributed by atoms with Gasteiger partial charge >= 0.3 is 0 Å². The molecule has 41 heavy (non-hydrogen) atoms. The molecule has 0 aliphatic carbocycles.